The lowest BCUT2D eigenvalue weighted by Gasteiger charge is -2.11. The Hall–Kier alpha value is -2.66. The number of nitrogens with zero attached hydrogens (tertiary/aromatic N) is 1. The van der Waals surface area contributed by atoms with Gasteiger partial charge in [0.05, 0.1) is 29.0 Å². The van der Waals surface area contributed by atoms with Crippen LogP contribution in [-0.4, -0.2) is 23.2 Å². The van der Waals surface area contributed by atoms with E-state index in [0.717, 1.165) is 0 Å². The van der Waals surface area contributed by atoms with Crippen LogP contribution < -0.4 is 4.74 Å². The highest BCUT2D eigenvalue weighted by molar-refractivity contribution is 6.33. The Morgan fingerprint density at radius 1 is 1.26 bits per heavy atom. The fourth-order valence-corrected chi connectivity index (χ4v) is 2.69. The van der Waals surface area contributed by atoms with Crippen LogP contribution in [0.5, 0.6) is 5.75 Å². The smallest absolute Gasteiger partial charge is 0.336 e. The Kier molecular flexibility index (Phi) is 3.88. The molecule has 3 aromatic rings. The Bertz CT molecular complexity index is 907. The zero-order chi connectivity index (χ0) is 16.6. The normalized spacial score (nSPS) is 10.7. The number of carboxylic acids is 1. The number of halogens is 2. The Morgan fingerprint density at radius 2 is 2.00 bits per heavy atom. The quantitative estimate of drug-likeness (QED) is 0.772. The van der Waals surface area contributed by atoms with Gasteiger partial charge in [-0.15, -0.1) is 0 Å². The van der Waals surface area contributed by atoms with Crippen LogP contribution in [0, 0.1) is 5.82 Å². The van der Waals surface area contributed by atoms with Crippen LogP contribution in [0.1, 0.15) is 10.4 Å². The molecule has 0 fully saturated rings. The molecule has 0 aliphatic carbocycles. The number of hydrogen-bond acceptors (Lipinski definition) is 3. The summed E-state index contributed by atoms with van der Waals surface area (Å²) in [7, 11) is 1.46. The van der Waals surface area contributed by atoms with E-state index in [0.29, 0.717) is 16.7 Å². The fraction of sp³-hybridized carbons (Fsp3) is 0.0588. The molecule has 0 atom stereocenters. The number of para-hydroxylation sites is 1. The van der Waals surface area contributed by atoms with Gasteiger partial charge >= 0.3 is 5.97 Å². The largest absolute Gasteiger partial charge is 0.494 e. The second-order valence-electron chi connectivity index (χ2n) is 4.81. The van der Waals surface area contributed by atoms with Crippen LogP contribution in [0.25, 0.3) is 22.2 Å². The Labute approximate surface area is 136 Å². The molecule has 0 spiro atoms. The molecule has 3 rings (SSSR count). The standard InChI is InChI=1S/C17H11ClFNO3/c1-23-14-7-2-4-9-10(17(21)22)8-13(20-16(9)14)15-11(18)5-3-6-12(15)19/h2-8H,1H3,(H,21,22). The van der Waals surface area contributed by atoms with Crippen molar-refractivity contribution in [1.29, 1.82) is 0 Å². The fourth-order valence-electron chi connectivity index (χ4n) is 2.43. The molecular weight excluding hydrogens is 321 g/mol. The predicted octanol–water partition coefficient (Wildman–Crippen LogP) is 4.40. The van der Waals surface area contributed by atoms with Crippen LogP contribution in [0.2, 0.25) is 5.02 Å². The molecule has 0 aliphatic heterocycles. The van der Waals surface area contributed by atoms with E-state index in [1.54, 1.807) is 18.2 Å². The van der Waals surface area contributed by atoms with E-state index in [-0.39, 0.29) is 21.8 Å². The molecule has 1 heterocycles. The van der Waals surface area contributed by atoms with Gasteiger partial charge in [0.25, 0.3) is 0 Å². The molecule has 23 heavy (non-hydrogen) atoms. The second-order valence-corrected chi connectivity index (χ2v) is 5.22. The molecule has 0 unspecified atom stereocenters. The van der Waals surface area contributed by atoms with Gasteiger partial charge < -0.3 is 9.84 Å². The van der Waals surface area contributed by atoms with Gasteiger partial charge in [-0.05, 0) is 24.3 Å². The van der Waals surface area contributed by atoms with E-state index in [1.807, 2.05) is 0 Å². The van der Waals surface area contributed by atoms with Crippen LogP contribution in [0.4, 0.5) is 4.39 Å². The van der Waals surface area contributed by atoms with Gasteiger partial charge in [-0.1, -0.05) is 29.8 Å². The first-order chi connectivity index (χ1) is 11.0. The molecule has 0 saturated heterocycles. The summed E-state index contributed by atoms with van der Waals surface area (Å²) in [5.41, 5.74) is 0.541. The molecule has 1 N–H and O–H groups in total. The van der Waals surface area contributed by atoms with Crippen molar-refractivity contribution < 1.29 is 19.0 Å². The number of aromatic carboxylic acids is 1. The first-order valence-electron chi connectivity index (χ1n) is 6.68. The van der Waals surface area contributed by atoms with Crippen molar-refractivity contribution in [3.8, 4) is 17.0 Å². The van der Waals surface area contributed by atoms with Crippen LogP contribution in [0.15, 0.2) is 42.5 Å². The zero-order valence-corrected chi connectivity index (χ0v) is 12.8. The predicted molar refractivity (Wildman–Crippen MR) is 85.7 cm³/mol. The lowest BCUT2D eigenvalue weighted by Crippen LogP contribution is -2.02. The van der Waals surface area contributed by atoms with Crippen molar-refractivity contribution in [2.24, 2.45) is 0 Å². The third kappa shape index (κ3) is 2.59. The minimum Gasteiger partial charge on any atom is -0.494 e. The van der Waals surface area contributed by atoms with Gasteiger partial charge in [0.15, 0.2) is 0 Å². The summed E-state index contributed by atoms with van der Waals surface area (Å²) in [5, 5.41) is 10.0. The maximum atomic E-state index is 14.1. The highest BCUT2D eigenvalue weighted by Crippen LogP contribution is 2.34. The average molecular weight is 332 g/mol. The summed E-state index contributed by atoms with van der Waals surface area (Å²) in [4.78, 5) is 15.9. The summed E-state index contributed by atoms with van der Waals surface area (Å²) < 4.78 is 19.4. The topological polar surface area (TPSA) is 59.4 Å². The maximum absolute atomic E-state index is 14.1. The van der Waals surface area contributed by atoms with E-state index in [9.17, 15) is 14.3 Å². The monoisotopic (exact) mass is 331 g/mol. The molecule has 1 aromatic heterocycles. The van der Waals surface area contributed by atoms with Crippen molar-refractivity contribution >= 4 is 28.5 Å². The van der Waals surface area contributed by atoms with Crippen molar-refractivity contribution in [3.05, 3.63) is 58.9 Å². The van der Waals surface area contributed by atoms with Crippen molar-refractivity contribution in [3.63, 3.8) is 0 Å². The van der Waals surface area contributed by atoms with Crippen molar-refractivity contribution in [1.82, 2.24) is 4.98 Å². The molecule has 2 aromatic carbocycles. The van der Waals surface area contributed by atoms with E-state index in [4.69, 9.17) is 16.3 Å². The van der Waals surface area contributed by atoms with Crippen molar-refractivity contribution in [2.75, 3.05) is 7.11 Å². The van der Waals surface area contributed by atoms with Gasteiger partial charge in [-0.3, -0.25) is 0 Å². The van der Waals surface area contributed by atoms with E-state index in [2.05, 4.69) is 4.98 Å². The van der Waals surface area contributed by atoms with Gasteiger partial charge in [0.1, 0.15) is 17.1 Å². The molecule has 116 valence electrons. The summed E-state index contributed by atoms with van der Waals surface area (Å²) in [5.74, 6) is -1.31. The van der Waals surface area contributed by atoms with Gasteiger partial charge in [-0.2, -0.15) is 0 Å². The Balaban J connectivity index is 2.41. The first-order valence-corrected chi connectivity index (χ1v) is 7.06. The number of aromatic nitrogens is 1. The molecule has 0 saturated carbocycles. The molecule has 0 radical (unpaired) electrons. The highest BCUT2D eigenvalue weighted by atomic mass is 35.5. The summed E-state index contributed by atoms with van der Waals surface area (Å²) in [6.45, 7) is 0. The molecule has 4 nitrogen and oxygen atoms in total. The number of methoxy groups -OCH3 is 1. The second kappa shape index (κ2) is 5.85. The summed E-state index contributed by atoms with van der Waals surface area (Å²) in [6.07, 6.45) is 0. The average Bonchev–Trinajstić information content (AvgIpc) is 2.53. The lowest BCUT2D eigenvalue weighted by atomic mass is 10.0. The van der Waals surface area contributed by atoms with Crippen molar-refractivity contribution in [2.45, 2.75) is 0 Å². The molecular formula is C17H11ClFNO3. The maximum Gasteiger partial charge on any atom is 0.336 e. The Morgan fingerprint density at radius 3 is 2.65 bits per heavy atom. The molecule has 6 heteroatoms. The SMILES string of the molecule is COc1cccc2c(C(=O)O)cc(-c3c(F)cccc3Cl)nc12. The van der Waals surface area contributed by atoms with Gasteiger partial charge in [0, 0.05) is 5.39 Å². The van der Waals surface area contributed by atoms with Gasteiger partial charge in [-0.25, -0.2) is 14.2 Å². The number of rotatable bonds is 3. The number of ether oxygens (including phenoxy) is 1. The summed E-state index contributed by atoms with van der Waals surface area (Å²) in [6, 6.07) is 10.5. The minimum absolute atomic E-state index is 0.00298. The number of fused-ring (bicyclic) bond motifs is 1. The lowest BCUT2D eigenvalue weighted by molar-refractivity contribution is 0.0699. The number of hydrogen-bond donors (Lipinski definition) is 1. The number of pyridine rings is 1. The van der Waals surface area contributed by atoms with E-state index in [1.165, 1.54) is 31.4 Å². The van der Waals surface area contributed by atoms with E-state index < -0.39 is 11.8 Å². The molecule has 0 amide bonds. The first kappa shape index (κ1) is 15.2. The van der Waals surface area contributed by atoms with Crippen LogP contribution in [-0.2, 0) is 0 Å². The van der Waals surface area contributed by atoms with Gasteiger partial charge in [0.2, 0.25) is 0 Å². The molecule has 0 aliphatic rings. The van der Waals surface area contributed by atoms with Crippen LogP contribution >= 0.6 is 11.6 Å². The number of carbonyl (C=O) groups is 1. The molecule has 0 bridgehead atoms. The minimum atomic E-state index is -1.14. The summed E-state index contributed by atoms with van der Waals surface area (Å²) >= 11 is 6.06. The van der Waals surface area contributed by atoms with Crippen LogP contribution in [0.3, 0.4) is 0 Å². The third-order valence-corrected chi connectivity index (χ3v) is 3.79. The zero-order valence-electron chi connectivity index (χ0n) is 12.0. The number of carboxylic acid groups (broad SMARTS) is 1. The third-order valence-electron chi connectivity index (χ3n) is 3.47. The highest BCUT2D eigenvalue weighted by Gasteiger charge is 2.18. The number of benzene rings is 2. The van der Waals surface area contributed by atoms with E-state index >= 15 is 0 Å².